The number of nitrogen functional groups attached to an aromatic ring is 1. The van der Waals surface area contributed by atoms with Crippen LogP contribution in [0.3, 0.4) is 0 Å². The van der Waals surface area contributed by atoms with Gasteiger partial charge in [-0.1, -0.05) is 0 Å². The average Bonchev–Trinajstić information content (AvgIpc) is 2.29. The maximum atomic E-state index is 11.8. The summed E-state index contributed by atoms with van der Waals surface area (Å²) in [5.74, 6) is 0.818. The first-order valence-electron chi connectivity index (χ1n) is 5.60. The van der Waals surface area contributed by atoms with Gasteiger partial charge in [-0.3, -0.25) is 4.72 Å². The molecule has 0 fully saturated rings. The van der Waals surface area contributed by atoms with Crippen molar-refractivity contribution < 1.29 is 17.9 Å². The first-order valence-corrected chi connectivity index (χ1v) is 7.09. The zero-order chi connectivity index (χ0) is 14.6. The molecule has 0 aliphatic carbocycles. The van der Waals surface area contributed by atoms with Gasteiger partial charge >= 0.3 is 0 Å². The molecule has 0 saturated carbocycles. The van der Waals surface area contributed by atoms with Crippen molar-refractivity contribution in [2.45, 2.75) is 19.9 Å². The van der Waals surface area contributed by atoms with Crippen LogP contribution in [0.2, 0.25) is 0 Å². The molecule has 0 aromatic heterocycles. The average molecular weight is 289 g/mol. The van der Waals surface area contributed by atoms with Crippen LogP contribution >= 0.6 is 0 Å². The molecule has 0 heterocycles. The van der Waals surface area contributed by atoms with Gasteiger partial charge in [0.05, 0.1) is 25.6 Å². The third-order valence-electron chi connectivity index (χ3n) is 2.19. The first kappa shape index (κ1) is 15.4. The lowest BCUT2D eigenvalue weighted by Gasteiger charge is -2.15. The van der Waals surface area contributed by atoms with Crippen LogP contribution in [-0.2, 0) is 10.2 Å². The second-order valence-electron chi connectivity index (χ2n) is 4.17. The normalized spacial score (nSPS) is 11.4. The van der Waals surface area contributed by atoms with Crippen molar-refractivity contribution in [3.05, 3.63) is 12.1 Å². The summed E-state index contributed by atoms with van der Waals surface area (Å²) in [7, 11) is -0.747. The highest BCUT2D eigenvalue weighted by Crippen LogP contribution is 2.35. The maximum absolute atomic E-state index is 11.8. The Morgan fingerprint density at radius 1 is 1.16 bits per heavy atom. The van der Waals surface area contributed by atoms with Crippen LogP contribution in [0.1, 0.15) is 13.8 Å². The van der Waals surface area contributed by atoms with Crippen LogP contribution in [0.4, 0.5) is 11.4 Å². The van der Waals surface area contributed by atoms with Gasteiger partial charge in [-0.2, -0.15) is 13.1 Å². The molecule has 1 aromatic carbocycles. The van der Waals surface area contributed by atoms with Crippen molar-refractivity contribution in [1.29, 1.82) is 0 Å². The monoisotopic (exact) mass is 289 g/mol. The van der Waals surface area contributed by atoms with Crippen LogP contribution < -0.4 is 24.7 Å². The molecule has 0 radical (unpaired) electrons. The summed E-state index contributed by atoms with van der Waals surface area (Å²) in [5, 5.41) is 0. The van der Waals surface area contributed by atoms with Crippen molar-refractivity contribution in [3.63, 3.8) is 0 Å². The Kier molecular flexibility index (Phi) is 4.84. The van der Waals surface area contributed by atoms with E-state index in [1.165, 1.54) is 26.4 Å². The van der Waals surface area contributed by atoms with Gasteiger partial charge in [0.1, 0.15) is 0 Å². The van der Waals surface area contributed by atoms with Gasteiger partial charge in [-0.25, -0.2) is 0 Å². The Morgan fingerprint density at radius 3 is 2.16 bits per heavy atom. The fourth-order valence-electron chi connectivity index (χ4n) is 1.47. The Balaban J connectivity index is 3.08. The van der Waals surface area contributed by atoms with Gasteiger partial charge in [0, 0.05) is 18.2 Å². The minimum atomic E-state index is -3.68. The Hall–Kier alpha value is -1.67. The molecular weight excluding hydrogens is 270 g/mol. The zero-order valence-corrected chi connectivity index (χ0v) is 12.2. The molecule has 1 aromatic rings. The van der Waals surface area contributed by atoms with Gasteiger partial charge in [0.25, 0.3) is 10.2 Å². The van der Waals surface area contributed by atoms with E-state index in [-0.39, 0.29) is 17.4 Å². The number of methoxy groups -OCH3 is 2. The van der Waals surface area contributed by atoms with E-state index in [9.17, 15) is 8.42 Å². The molecule has 0 spiro atoms. The summed E-state index contributed by atoms with van der Waals surface area (Å²) in [5.41, 5.74) is 6.24. The van der Waals surface area contributed by atoms with Crippen LogP contribution in [-0.4, -0.2) is 28.7 Å². The van der Waals surface area contributed by atoms with Gasteiger partial charge in [-0.05, 0) is 13.8 Å². The lowest BCUT2D eigenvalue weighted by Crippen LogP contribution is -2.35. The molecule has 0 saturated heterocycles. The van der Waals surface area contributed by atoms with Crippen LogP contribution in [0.5, 0.6) is 11.5 Å². The molecule has 8 heteroatoms. The Labute approximate surface area is 113 Å². The van der Waals surface area contributed by atoms with E-state index < -0.39 is 10.2 Å². The lowest BCUT2D eigenvalue weighted by molar-refractivity contribution is 0.355. The van der Waals surface area contributed by atoms with Gasteiger partial charge in [0.2, 0.25) is 0 Å². The molecule has 108 valence electrons. The molecule has 0 aliphatic heterocycles. The summed E-state index contributed by atoms with van der Waals surface area (Å²) in [4.78, 5) is 0. The fraction of sp³-hybridized carbons (Fsp3) is 0.455. The molecule has 4 N–H and O–H groups in total. The predicted octanol–water partition coefficient (Wildman–Crippen LogP) is 0.941. The highest BCUT2D eigenvalue weighted by atomic mass is 32.2. The fourth-order valence-corrected chi connectivity index (χ4v) is 2.61. The van der Waals surface area contributed by atoms with Gasteiger partial charge in [0.15, 0.2) is 11.5 Å². The predicted molar refractivity (Wildman–Crippen MR) is 74.8 cm³/mol. The lowest BCUT2D eigenvalue weighted by atomic mass is 10.2. The van der Waals surface area contributed by atoms with Crippen molar-refractivity contribution in [2.75, 3.05) is 24.7 Å². The highest BCUT2D eigenvalue weighted by Gasteiger charge is 2.16. The summed E-state index contributed by atoms with van der Waals surface area (Å²) < 4.78 is 38.4. The molecule has 0 amide bonds. The van der Waals surface area contributed by atoms with E-state index in [2.05, 4.69) is 9.44 Å². The first-order chi connectivity index (χ1) is 8.79. The minimum Gasteiger partial charge on any atom is -0.493 e. The van der Waals surface area contributed by atoms with Crippen LogP contribution in [0.15, 0.2) is 12.1 Å². The molecule has 0 aliphatic rings. The number of hydrogen-bond acceptors (Lipinski definition) is 5. The van der Waals surface area contributed by atoms with Gasteiger partial charge < -0.3 is 15.2 Å². The van der Waals surface area contributed by atoms with Gasteiger partial charge in [-0.15, -0.1) is 0 Å². The van der Waals surface area contributed by atoms with Crippen LogP contribution in [0, 0.1) is 0 Å². The van der Waals surface area contributed by atoms with E-state index in [4.69, 9.17) is 15.2 Å². The smallest absolute Gasteiger partial charge is 0.299 e. The summed E-state index contributed by atoms with van der Waals surface area (Å²) >= 11 is 0. The van der Waals surface area contributed by atoms with E-state index in [1.807, 2.05) is 0 Å². The third kappa shape index (κ3) is 4.18. The minimum absolute atomic E-state index is 0.223. The second-order valence-corrected chi connectivity index (χ2v) is 5.62. The molecule has 1 rings (SSSR count). The van der Waals surface area contributed by atoms with E-state index >= 15 is 0 Å². The second kappa shape index (κ2) is 5.98. The van der Waals surface area contributed by atoms with Crippen molar-refractivity contribution in [2.24, 2.45) is 0 Å². The topological polar surface area (TPSA) is 103 Å². The number of benzene rings is 1. The standard InChI is InChI=1S/C11H19N3O4S/c1-7(2)13-19(15,16)14-9-6-11(18-4)10(17-3)5-8(9)12/h5-7,13-14H,12H2,1-4H3. The largest absolute Gasteiger partial charge is 0.493 e. The summed E-state index contributed by atoms with van der Waals surface area (Å²) in [6.45, 7) is 3.44. The van der Waals surface area contributed by atoms with E-state index in [1.54, 1.807) is 13.8 Å². The Morgan fingerprint density at radius 2 is 1.68 bits per heavy atom. The van der Waals surface area contributed by atoms with Crippen LogP contribution in [0.25, 0.3) is 0 Å². The zero-order valence-electron chi connectivity index (χ0n) is 11.4. The van der Waals surface area contributed by atoms with Crippen molar-refractivity contribution in [1.82, 2.24) is 4.72 Å². The molecule has 7 nitrogen and oxygen atoms in total. The third-order valence-corrected chi connectivity index (χ3v) is 3.46. The summed E-state index contributed by atoms with van der Waals surface area (Å²) in [6, 6.07) is 2.73. The van der Waals surface area contributed by atoms with Crippen molar-refractivity contribution in [3.8, 4) is 11.5 Å². The number of nitrogens with one attached hydrogen (secondary N) is 2. The number of anilines is 2. The molecular formula is C11H19N3O4S. The van der Waals surface area contributed by atoms with Crippen molar-refractivity contribution >= 4 is 21.6 Å². The van der Waals surface area contributed by atoms with E-state index in [0.29, 0.717) is 11.5 Å². The Bertz CT molecular complexity index is 543. The quantitative estimate of drug-likeness (QED) is 0.676. The molecule has 0 unspecified atom stereocenters. The maximum Gasteiger partial charge on any atom is 0.299 e. The molecule has 19 heavy (non-hydrogen) atoms. The molecule has 0 atom stereocenters. The SMILES string of the molecule is COc1cc(N)c(NS(=O)(=O)NC(C)C)cc1OC. The number of hydrogen-bond donors (Lipinski definition) is 3. The molecule has 0 bridgehead atoms. The van der Waals surface area contributed by atoms with E-state index in [0.717, 1.165) is 0 Å². The number of nitrogens with two attached hydrogens (primary N) is 1. The highest BCUT2D eigenvalue weighted by molar-refractivity contribution is 7.90. The number of ether oxygens (including phenoxy) is 2. The summed E-state index contributed by atoms with van der Waals surface area (Å²) in [6.07, 6.45) is 0. The number of rotatable bonds is 6.